The summed E-state index contributed by atoms with van der Waals surface area (Å²) in [5.74, 6) is -1.10. The first kappa shape index (κ1) is 11.4. The summed E-state index contributed by atoms with van der Waals surface area (Å²) in [4.78, 5) is 10.3. The third kappa shape index (κ3) is 3.69. The zero-order valence-electron chi connectivity index (χ0n) is 7.45. The highest BCUT2D eigenvalue weighted by Gasteiger charge is 2.31. The van der Waals surface area contributed by atoms with Crippen LogP contribution in [0.5, 0.6) is 0 Å². The fraction of sp³-hybridized carbons (Fsp3) is 0.875. The van der Waals surface area contributed by atoms with E-state index in [1.807, 2.05) is 6.92 Å². The molecule has 0 spiro atoms. The van der Waals surface area contributed by atoms with Gasteiger partial charge in [-0.15, -0.1) is 0 Å². The van der Waals surface area contributed by atoms with E-state index in [2.05, 4.69) is 0 Å². The van der Waals surface area contributed by atoms with Crippen LogP contribution >= 0.6 is 0 Å². The number of aliphatic hydroxyl groups excluding tert-OH is 1. The number of hydrogen-bond donors (Lipinski definition) is 3. The van der Waals surface area contributed by atoms with Gasteiger partial charge in [0.05, 0.1) is 18.1 Å². The highest BCUT2D eigenvalue weighted by Crippen LogP contribution is 2.18. The van der Waals surface area contributed by atoms with E-state index >= 15 is 0 Å². The third-order valence-electron chi connectivity index (χ3n) is 1.79. The lowest BCUT2D eigenvalue weighted by molar-refractivity contribution is -0.147. The summed E-state index contributed by atoms with van der Waals surface area (Å²) in [7, 11) is 0. The number of carbonyl (C=O) groups is 1. The Morgan fingerprint density at radius 2 is 2.08 bits per heavy atom. The van der Waals surface area contributed by atoms with E-state index in [1.54, 1.807) is 0 Å². The molecule has 3 N–H and O–H groups in total. The number of carboxylic acids is 1. The average molecular weight is 176 g/mol. The van der Waals surface area contributed by atoms with Gasteiger partial charge in [-0.25, -0.2) is 0 Å². The first-order valence-corrected chi connectivity index (χ1v) is 4.02. The van der Waals surface area contributed by atoms with Gasteiger partial charge in [0.15, 0.2) is 0 Å². The van der Waals surface area contributed by atoms with Gasteiger partial charge in [-0.1, -0.05) is 13.3 Å². The van der Waals surface area contributed by atoms with Crippen molar-refractivity contribution < 1.29 is 20.1 Å². The summed E-state index contributed by atoms with van der Waals surface area (Å²) in [5, 5.41) is 27.2. The molecule has 0 aromatic rings. The number of aliphatic carboxylic acids is 1. The first-order chi connectivity index (χ1) is 5.40. The van der Waals surface area contributed by atoms with Gasteiger partial charge in [-0.3, -0.25) is 4.79 Å². The van der Waals surface area contributed by atoms with Crippen molar-refractivity contribution in [2.75, 3.05) is 0 Å². The Bertz CT molecular complexity index is 153. The number of carboxylic acid groups (broad SMARTS) is 1. The molecule has 0 radical (unpaired) electrons. The summed E-state index contributed by atoms with van der Waals surface area (Å²) in [6, 6.07) is 0. The molecule has 0 fully saturated rings. The summed E-state index contributed by atoms with van der Waals surface area (Å²) in [6.45, 7) is 3.20. The van der Waals surface area contributed by atoms with Crippen LogP contribution in [0.4, 0.5) is 0 Å². The van der Waals surface area contributed by atoms with Crippen molar-refractivity contribution in [3.8, 4) is 0 Å². The predicted octanol–water partition coefficient (Wildman–Crippen LogP) is 0.373. The van der Waals surface area contributed by atoms with Crippen LogP contribution in [0.1, 0.15) is 33.1 Å². The molecule has 0 aliphatic carbocycles. The summed E-state index contributed by atoms with van der Waals surface area (Å²) in [6.07, 6.45) is -0.246. The normalized spacial score (nSPS) is 18.3. The topological polar surface area (TPSA) is 77.8 Å². The largest absolute Gasteiger partial charge is 0.481 e. The highest BCUT2D eigenvalue weighted by atomic mass is 16.4. The van der Waals surface area contributed by atoms with Crippen molar-refractivity contribution in [3.05, 3.63) is 0 Å². The lowest BCUT2D eigenvalue weighted by atomic mass is 9.92. The molecule has 0 bridgehead atoms. The van der Waals surface area contributed by atoms with Crippen molar-refractivity contribution in [3.63, 3.8) is 0 Å². The summed E-state index contributed by atoms with van der Waals surface area (Å²) >= 11 is 0. The molecule has 0 aliphatic heterocycles. The van der Waals surface area contributed by atoms with Crippen LogP contribution in [-0.2, 0) is 4.79 Å². The second-order valence-electron chi connectivity index (χ2n) is 3.23. The van der Waals surface area contributed by atoms with Crippen LogP contribution in [0, 0.1) is 0 Å². The second-order valence-corrected chi connectivity index (χ2v) is 3.23. The van der Waals surface area contributed by atoms with Crippen LogP contribution in [-0.4, -0.2) is 33.0 Å². The minimum atomic E-state index is -1.51. The Hall–Kier alpha value is -0.610. The van der Waals surface area contributed by atoms with Gasteiger partial charge in [-0.2, -0.15) is 0 Å². The van der Waals surface area contributed by atoms with E-state index in [0.29, 0.717) is 6.42 Å². The van der Waals surface area contributed by atoms with E-state index in [4.69, 9.17) is 5.11 Å². The van der Waals surface area contributed by atoms with Crippen LogP contribution in [0.15, 0.2) is 0 Å². The molecule has 72 valence electrons. The molecule has 2 atom stereocenters. The molecule has 4 heteroatoms. The molecule has 0 heterocycles. The zero-order chi connectivity index (χ0) is 9.78. The van der Waals surface area contributed by atoms with E-state index in [9.17, 15) is 15.0 Å². The van der Waals surface area contributed by atoms with E-state index in [0.717, 1.165) is 6.42 Å². The Labute approximate surface area is 71.8 Å². The smallest absolute Gasteiger partial charge is 0.306 e. The molecule has 0 amide bonds. The van der Waals surface area contributed by atoms with Gasteiger partial charge < -0.3 is 15.3 Å². The maximum Gasteiger partial charge on any atom is 0.306 e. The molecular weight excluding hydrogens is 160 g/mol. The third-order valence-corrected chi connectivity index (χ3v) is 1.79. The van der Waals surface area contributed by atoms with Gasteiger partial charge in [0.25, 0.3) is 0 Å². The standard InChI is InChI=1S/C8H16O4/c1-3-4-6(9)8(2,12)5-7(10)11/h6,9,12H,3-5H2,1-2H3,(H,10,11). The Morgan fingerprint density at radius 3 is 2.42 bits per heavy atom. The van der Waals surface area contributed by atoms with Crippen molar-refractivity contribution in [1.82, 2.24) is 0 Å². The molecule has 12 heavy (non-hydrogen) atoms. The lowest BCUT2D eigenvalue weighted by Crippen LogP contribution is -2.41. The molecule has 0 aromatic heterocycles. The molecule has 0 saturated heterocycles. The molecular formula is C8H16O4. The fourth-order valence-electron chi connectivity index (χ4n) is 1.01. The van der Waals surface area contributed by atoms with Gasteiger partial charge in [0.1, 0.15) is 0 Å². The van der Waals surface area contributed by atoms with Crippen LogP contribution < -0.4 is 0 Å². The van der Waals surface area contributed by atoms with Gasteiger partial charge in [0, 0.05) is 0 Å². The predicted molar refractivity (Wildman–Crippen MR) is 43.8 cm³/mol. The van der Waals surface area contributed by atoms with Crippen molar-refractivity contribution >= 4 is 5.97 Å². The van der Waals surface area contributed by atoms with E-state index < -0.39 is 24.1 Å². The highest BCUT2D eigenvalue weighted by molar-refractivity contribution is 5.68. The quantitative estimate of drug-likeness (QED) is 0.565. The molecule has 0 rings (SSSR count). The van der Waals surface area contributed by atoms with Gasteiger partial charge >= 0.3 is 5.97 Å². The minimum absolute atomic E-state index is 0.417. The molecule has 0 aromatic carbocycles. The van der Waals surface area contributed by atoms with Crippen LogP contribution in [0.25, 0.3) is 0 Å². The maximum absolute atomic E-state index is 10.3. The maximum atomic E-state index is 10.3. The number of rotatable bonds is 5. The Morgan fingerprint density at radius 1 is 1.58 bits per heavy atom. The van der Waals surface area contributed by atoms with Crippen LogP contribution in [0.2, 0.25) is 0 Å². The Balaban J connectivity index is 4.07. The average Bonchev–Trinajstić information content (AvgIpc) is 1.85. The summed E-state index contributed by atoms with van der Waals surface area (Å²) < 4.78 is 0. The zero-order valence-corrected chi connectivity index (χ0v) is 7.45. The SMILES string of the molecule is CCCC(O)C(C)(O)CC(=O)O. The monoisotopic (exact) mass is 176 g/mol. The summed E-state index contributed by atoms with van der Waals surface area (Å²) in [5.41, 5.74) is -1.51. The molecule has 2 unspecified atom stereocenters. The van der Waals surface area contributed by atoms with E-state index in [-0.39, 0.29) is 0 Å². The minimum Gasteiger partial charge on any atom is -0.481 e. The molecule has 0 saturated carbocycles. The first-order valence-electron chi connectivity index (χ1n) is 4.02. The number of aliphatic hydroxyl groups is 2. The van der Waals surface area contributed by atoms with Crippen molar-refractivity contribution in [2.24, 2.45) is 0 Å². The number of hydrogen-bond acceptors (Lipinski definition) is 3. The van der Waals surface area contributed by atoms with Crippen molar-refractivity contribution in [1.29, 1.82) is 0 Å². The lowest BCUT2D eigenvalue weighted by Gasteiger charge is -2.26. The second kappa shape index (κ2) is 4.42. The van der Waals surface area contributed by atoms with E-state index in [1.165, 1.54) is 6.92 Å². The molecule has 0 aliphatic rings. The Kier molecular flexibility index (Phi) is 4.20. The van der Waals surface area contributed by atoms with Gasteiger partial charge in [-0.05, 0) is 13.3 Å². The molecule has 4 nitrogen and oxygen atoms in total. The van der Waals surface area contributed by atoms with Crippen LogP contribution in [0.3, 0.4) is 0 Å². The van der Waals surface area contributed by atoms with Gasteiger partial charge in [0.2, 0.25) is 0 Å². The fourth-order valence-corrected chi connectivity index (χ4v) is 1.01. The van der Waals surface area contributed by atoms with Crippen molar-refractivity contribution in [2.45, 2.75) is 44.8 Å².